The van der Waals surface area contributed by atoms with Crippen LogP contribution in [0.4, 0.5) is 0 Å². The van der Waals surface area contributed by atoms with Crippen LogP contribution in [0.3, 0.4) is 0 Å². The Balaban J connectivity index is 1.44. The molecule has 0 aromatic carbocycles. The fraction of sp³-hybridized carbons (Fsp3) is 1.00. The number of hydrogen-bond donors (Lipinski definition) is 2. The third-order valence-corrected chi connectivity index (χ3v) is 4.20. The van der Waals surface area contributed by atoms with Crippen LogP contribution < -0.4 is 10.6 Å². The van der Waals surface area contributed by atoms with E-state index in [4.69, 9.17) is 0 Å². The van der Waals surface area contributed by atoms with Crippen molar-refractivity contribution < 1.29 is 0 Å². The molecule has 2 aliphatic rings. The van der Waals surface area contributed by atoms with Gasteiger partial charge in [0.05, 0.1) is 0 Å². The monoisotopic (exact) mass is 210 g/mol. The standard InChI is InChI=1S/C13H26N2/c1-11(2)13(5-6-13)10-15-8-7-14-9-12-3-4-12/h11-12,14-15H,3-10H2,1-2H3. The van der Waals surface area contributed by atoms with E-state index in [-0.39, 0.29) is 0 Å². The Kier molecular flexibility index (Phi) is 3.68. The van der Waals surface area contributed by atoms with Crippen molar-refractivity contribution >= 4 is 0 Å². The van der Waals surface area contributed by atoms with E-state index in [0.29, 0.717) is 5.41 Å². The van der Waals surface area contributed by atoms with Gasteiger partial charge in [-0.25, -0.2) is 0 Å². The van der Waals surface area contributed by atoms with Crippen molar-refractivity contribution in [2.75, 3.05) is 26.2 Å². The quantitative estimate of drug-likeness (QED) is 0.599. The van der Waals surface area contributed by atoms with Crippen LogP contribution >= 0.6 is 0 Å². The summed E-state index contributed by atoms with van der Waals surface area (Å²) >= 11 is 0. The highest BCUT2D eigenvalue weighted by Gasteiger charge is 2.44. The SMILES string of the molecule is CC(C)C1(CNCCNCC2CC2)CC1. The van der Waals surface area contributed by atoms with Crippen molar-refractivity contribution in [1.82, 2.24) is 10.6 Å². The van der Waals surface area contributed by atoms with Gasteiger partial charge in [0.25, 0.3) is 0 Å². The molecule has 2 N–H and O–H groups in total. The first kappa shape index (κ1) is 11.4. The molecule has 0 bridgehead atoms. The average molecular weight is 210 g/mol. The zero-order valence-corrected chi connectivity index (χ0v) is 10.3. The van der Waals surface area contributed by atoms with Crippen LogP contribution in [-0.4, -0.2) is 26.2 Å². The molecule has 2 aliphatic carbocycles. The normalized spacial score (nSPS) is 23.4. The third-order valence-electron chi connectivity index (χ3n) is 4.20. The first-order valence-corrected chi connectivity index (χ1v) is 6.64. The predicted molar refractivity (Wildman–Crippen MR) is 65.0 cm³/mol. The van der Waals surface area contributed by atoms with Gasteiger partial charge in [-0.1, -0.05) is 13.8 Å². The van der Waals surface area contributed by atoms with E-state index in [1.54, 1.807) is 0 Å². The lowest BCUT2D eigenvalue weighted by Crippen LogP contribution is -2.33. The molecular weight excluding hydrogens is 184 g/mol. The molecule has 88 valence electrons. The summed E-state index contributed by atoms with van der Waals surface area (Å²) in [5, 5.41) is 7.12. The zero-order chi connectivity index (χ0) is 10.7. The molecule has 0 aromatic heterocycles. The summed E-state index contributed by atoms with van der Waals surface area (Å²) in [6, 6.07) is 0. The van der Waals surface area contributed by atoms with E-state index in [1.165, 1.54) is 38.8 Å². The lowest BCUT2D eigenvalue weighted by atomic mass is 9.92. The first-order chi connectivity index (χ1) is 7.23. The minimum absolute atomic E-state index is 0.663. The Labute approximate surface area is 94.2 Å². The molecule has 0 aromatic rings. The Hall–Kier alpha value is -0.0800. The lowest BCUT2D eigenvalue weighted by Gasteiger charge is -2.20. The maximum atomic E-state index is 3.60. The van der Waals surface area contributed by atoms with Crippen molar-refractivity contribution in [1.29, 1.82) is 0 Å². The van der Waals surface area contributed by atoms with Crippen molar-refractivity contribution in [3.8, 4) is 0 Å². The summed E-state index contributed by atoms with van der Waals surface area (Å²) in [4.78, 5) is 0. The van der Waals surface area contributed by atoms with Crippen LogP contribution in [-0.2, 0) is 0 Å². The highest BCUT2D eigenvalue weighted by atomic mass is 15.0. The molecule has 0 amide bonds. The second-order valence-electron chi connectivity index (χ2n) is 5.84. The van der Waals surface area contributed by atoms with Crippen LogP contribution in [0.5, 0.6) is 0 Å². The molecule has 15 heavy (non-hydrogen) atoms. The Morgan fingerprint density at radius 2 is 1.80 bits per heavy atom. The van der Waals surface area contributed by atoms with Crippen molar-refractivity contribution in [2.24, 2.45) is 17.3 Å². The summed E-state index contributed by atoms with van der Waals surface area (Å²) in [6.07, 6.45) is 5.79. The average Bonchev–Trinajstić information content (AvgIpc) is 3.05. The maximum Gasteiger partial charge on any atom is 0.00769 e. The van der Waals surface area contributed by atoms with E-state index >= 15 is 0 Å². The van der Waals surface area contributed by atoms with Crippen LogP contribution in [0.25, 0.3) is 0 Å². The zero-order valence-electron chi connectivity index (χ0n) is 10.3. The largest absolute Gasteiger partial charge is 0.315 e. The summed E-state index contributed by atoms with van der Waals surface area (Å²) < 4.78 is 0. The molecule has 0 spiro atoms. The molecule has 0 saturated heterocycles. The van der Waals surface area contributed by atoms with Gasteiger partial charge < -0.3 is 10.6 Å². The minimum atomic E-state index is 0.663. The molecule has 0 unspecified atom stereocenters. The highest BCUT2D eigenvalue weighted by Crippen LogP contribution is 2.51. The van der Waals surface area contributed by atoms with Gasteiger partial charge in [-0.15, -0.1) is 0 Å². The van der Waals surface area contributed by atoms with Gasteiger partial charge in [-0.2, -0.15) is 0 Å². The molecule has 2 saturated carbocycles. The fourth-order valence-electron chi connectivity index (χ4n) is 2.26. The predicted octanol–water partition coefficient (Wildman–Crippen LogP) is 2.01. The lowest BCUT2D eigenvalue weighted by molar-refractivity contribution is 0.338. The van der Waals surface area contributed by atoms with Gasteiger partial charge in [0, 0.05) is 19.6 Å². The van der Waals surface area contributed by atoms with Gasteiger partial charge in [0.2, 0.25) is 0 Å². The molecule has 0 atom stereocenters. The highest BCUT2D eigenvalue weighted by molar-refractivity contribution is 4.97. The van der Waals surface area contributed by atoms with Crippen molar-refractivity contribution in [3.05, 3.63) is 0 Å². The van der Waals surface area contributed by atoms with Gasteiger partial charge in [0.1, 0.15) is 0 Å². The molecule has 0 radical (unpaired) electrons. The summed E-state index contributed by atoms with van der Waals surface area (Å²) in [5.41, 5.74) is 0.663. The van der Waals surface area contributed by atoms with Crippen molar-refractivity contribution in [3.63, 3.8) is 0 Å². The number of nitrogens with one attached hydrogen (secondary N) is 2. The van der Waals surface area contributed by atoms with E-state index in [2.05, 4.69) is 24.5 Å². The van der Waals surface area contributed by atoms with E-state index in [1.807, 2.05) is 0 Å². The summed E-state index contributed by atoms with van der Waals surface area (Å²) in [7, 11) is 0. The van der Waals surface area contributed by atoms with Gasteiger partial charge in [-0.05, 0) is 49.5 Å². The van der Waals surface area contributed by atoms with Crippen LogP contribution in [0.15, 0.2) is 0 Å². The third kappa shape index (κ3) is 3.46. The summed E-state index contributed by atoms with van der Waals surface area (Å²) in [6.45, 7) is 9.48. The topological polar surface area (TPSA) is 24.1 Å². The van der Waals surface area contributed by atoms with Gasteiger partial charge in [0.15, 0.2) is 0 Å². The molecule has 0 aliphatic heterocycles. The minimum Gasteiger partial charge on any atom is -0.315 e. The second-order valence-corrected chi connectivity index (χ2v) is 5.84. The molecule has 2 rings (SSSR count). The summed E-state index contributed by atoms with van der Waals surface area (Å²) in [5.74, 6) is 1.86. The number of hydrogen-bond acceptors (Lipinski definition) is 2. The Morgan fingerprint density at radius 3 is 2.33 bits per heavy atom. The van der Waals surface area contributed by atoms with Gasteiger partial charge in [-0.3, -0.25) is 0 Å². The Morgan fingerprint density at radius 1 is 1.13 bits per heavy atom. The van der Waals surface area contributed by atoms with E-state index in [9.17, 15) is 0 Å². The second kappa shape index (κ2) is 4.84. The van der Waals surface area contributed by atoms with E-state index in [0.717, 1.165) is 24.9 Å². The molecule has 2 fully saturated rings. The Bertz CT molecular complexity index is 193. The molecule has 0 heterocycles. The molecule has 2 heteroatoms. The number of rotatable bonds is 8. The van der Waals surface area contributed by atoms with Crippen LogP contribution in [0.1, 0.15) is 39.5 Å². The smallest absolute Gasteiger partial charge is 0.00769 e. The van der Waals surface area contributed by atoms with Gasteiger partial charge >= 0.3 is 0 Å². The fourth-order valence-corrected chi connectivity index (χ4v) is 2.26. The maximum absolute atomic E-state index is 3.60. The van der Waals surface area contributed by atoms with E-state index < -0.39 is 0 Å². The van der Waals surface area contributed by atoms with Crippen molar-refractivity contribution in [2.45, 2.75) is 39.5 Å². The molecular formula is C13H26N2. The van der Waals surface area contributed by atoms with Crippen LogP contribution in [0.2, 0.25) is 0 Å². The van der Waals surface area contributed by atoms with Crippen LogP contribution in [0, 0.1) is 17.3 Å². The molecule has 2 nitrogen and oxygen atoms in total. The first-order valence-electron chi connectivity index (χ1n) is 6.64.